The Balaban J connectivity index is 1.48. The fourth-order valence-corrected chi connectivity index (χ4v) is 4.89. The van der Waals surface area contributed by atoms with Crippen molar-refractivity contribution in [3.8, 4) is 0 Å². The molecule has 1 N–H and O–H groups in total. The van der Waals surface area contributed by atoms with Crippen molar-refractivity contribution in [2.24, 2.45) is 0 Å². The number of nitrogens with one attached hydrogen (secondary N) is 1. The SMILES string of the molecule is Cc1ccccc1C(=O)Nc1ccc2nc(SCc3cccc(F)c3)sc2c1. The monoisotopic (exact) mass is 408 g/mol. The van der Waals surface area contributed by atoms with Crippen LogP contribution in [0.15, 0.2) is 71.1 Å². The number of amides is 1. The van der Waals surface area contributed by atoms with Crippen LogP contribution in [0, 0.1) is 12.7 Å². The van der Waals surface area contributed by atoms with Crippen LogP contribution in [-0.2, 0) is 5.75 Å². The van der Waals surface area contributed by atoms with Crippen molar-refractivity contribution in [3.63, 3.8) is 0 Å². The van der Waals surface area contributed by atoms with Gasteiger partial charge in [-0.2, -0.15) is 0 Å². The van der Waals surface area contributed by atoms with Gasteiger partial charge in [-0.1, -0.05) is 42.1 Å². The van der Waals surface area contributed by atoms with Gasteiger partial charge in [-0.15, -0.1) is 11.3 Å². The highest BCUT2D eigenvalue weighted by Crippen LogP contribution is 2.33. The van der Waals surface area contributed by atoms with E-state index >= 15 is 0 Å². The van der Waals surface area contributed by atoms with E-state index in [1.807, 2.05) is 55.5 Å². The van der Waals surface area contributed by atoms with Crippen molar-refractivity contribution in [1.29, 1.82) is 0 Å². The summed E-state index contributed by atoms with van der Waals surface area (Å²) in [5.74, 6) is 0.313. The largest absolute Gasteiger partial charge is 0.322 e. The second-order valence-corrected chi connectivity index (χ2v) is 8.60. The van der Waals surface area contributed by atoms with E-state index in [1.54, 1.807) is 35.2 Å². The standard InChI is InChI=1S/C22H17FN2OS2/c1-14-5-2-3-8-18(14)21(26)24-17-9-10-19-20(12-17)28-22(25-19)27-13-15-6-4-7-16(23)11-15/h2-12H,13H2,1H3,(H,24,26). The minimum atomic E-state index is -0.226. The highest BCUT2D eigenvalue weighted by Gasteiger charge is 2.11. The number of aryl methyl sites for hydroxylation is 1. The van der Waals surface area contributed by atoms with Gasteiger partial charge in [0, 0.05) is 17.0 Å². The van der Waals surface area contributed by atoms with Crippen LogP contribution in [0.4, 0.5) is 10.1 Å². The zero-order valence-electron chi connectivity index (χ0n) is 15.1. The number of anilines is 1. The molecule has 0 radical (unpaired) electrons. The molecular weight excluding hydrogens is 391 g/mol. The smallest absolute Gasteiger partial charge is 0.255 e. The van der Waals surface area contributed by atoms with Crippen molar-refractivity contribution in [3.05, 3.63) is 89.2 Å². The zero-order valence-corrected chi connectivity index (χ0v) is 16.7. The van der Waals surface area contributed by atoms with E-state index in [0.717, 1.165) is 31.4 Å². The first-order chi connectivity index (χ1) is 13.6. The topological polar surface area (TPSA) is 42.0 Å². The quantitative estimate of drug-likeness (QED) is 0.395. The molecule has 1 aromatic heterocycles. The molecule has 6 heteroatoms. The molecule has 0 saturated carbocycles. The van der Waals surface area contributed by atoms with Gasteiger partial charge in [0.2, 0.25) is 0 Å². The Morgan fingerprint density at radius 3 is 2.79 bits per heavy atom. The van der Waals surface area contributed by atoms with Gasteiger partial charge in [0.05, 0.1) is 10.2 Å². The number of thiazole rings is 1. The summed E-state index contributed by atoms with van der Waals surface area (Å²) in [5, 5.41) is 2.96. The second-order valence-electron chi connectivity index (χ2n) is 6.35. The summed E-state index contributed by atoms with van der Waals surface area (Å²) in [6, 6.07) is 19.8. The molecule has 0 aliphatic carbocycles. The number of hydrogen-bond acceptors (Lipinski definition) is 4. The van der Waals surface area contributed by atoms with Crippen LogP contribution in [0.3, 0.4) is 0 Å². The van der Waals surface area contributed by atoms with Gasteiger partial charge >= 0.3 is 0 Å². The number of benzene rings is 3. The number of fused-ring (bicyclic) bond motifs is 1. The maximum atomic E-state index is 13.3. The summed E-state index contributed by atoms with van der Waals surface area (Å²) in [6.45, 7) is 1.92. The molecule has 0 unspecified atom stereocenters. The highest BCUT2D eigenvalue weighted by molar-refractivity contribution is 8.00. The van der Waals surface area contributed by atoms with E-state index in [4.69, 9.17) is 0 Å². The van der Waals surface area contributed by atoms with Gasteiger partial charge in [0.25, 0.3) is 5.91 Å². The molecular formula is C22H17FN2OS2. The Hall–Kier alpha value is -2.70. The molecule has 140 valence electrons. The Kier molecular flexibility index (Phi) is 5.41. The maximum Gasteiger partial charge on any atom is 0.255 e. The Bertz CT molecular complexity index is 1160. The molecule has 0 fully saturated rings. The fourth-order valence-electron chi connectivity index (χ4n) is 2.84. The third kappa shape index (κ3) is 4.24. The van der Waals surface area contributed by atoms with E-state index in [2.05, 4.69) is 10.3 Å². The Morgan fingerprint density at radius 1 is 1.11 bits per heavy atom. The number of carbonyl (C=O) groups excluding carboxylic acids is 1. The van der Waals surface area contributed by atoms with E-state index in [-0.39, 0.29) is 11.7 Å². The number of nitrogens with zero attached hydrogens (tertiary/aromatic N) is 1. The summed E-state index contributed by atoms with van der Waals surface area (Å²) in [4.78, 5) is 17.1. The molecule has 0 spiro atoms. The lowest BCUT2D eigenvalue weighted by Gasteiger charge is -2.07. The molecule has 1 heterocycles. The maximum absolute atomic E-state index is 13.3. The van der Waals surface area contributed by atoms with Gasteiger partial charge in [-0.05, 0) is 54.4 Å². The molecule has 4 aromatic rings. The predicted molar refractivity (Wildman–Crippen MR) is 115 cm³/mol. The first-order valence-corrected chi connectivity index (χ1v) is 10.5. The summed E-state index contributed by atoms with van der Waals surface area (Å²) in [5.41, 5.74) is 4.16. The minimum Gasteiger partial charge on any atom is -0.322 e. The van der Waals surface area contributed by atoms with Gasteiger partial charge in [-0.25, -0.2) is 9.37 Å². The fraction of sp³-hybridized carbons (Fsp3) is 0.0909. The molecule has 3 aromatic carbocycles. The molecule has 4 rings (SSSR count). The number of hydrogen-bond donors (Lipinski definition) is 1. The average molecular weight is 409 g/mol. The lowest BCUT2D eigenvalue weighted by atomic mass is 10.1. The molecule has 1 amide bonds. The van der Waals surface area contributed by atoms with E-state index in [9.17, 15) is 9.18 Å². The Labute approximate surface area is 170 Å². The van der Waals surface area contributed by atoms with E-state index < -0.39 is 0 Å². The second kappa shape index (κ2) is 8.12. The number of carbonyl (C=O) groups is 1. The third-order valence-electron chi connectivity index (χ3n) is 4.27. The minimum absolute atomic E-state index is 0.123. The summed E-state index contributed by atoms with van der Waals surface area (Å²) in [7, 11) is 0. The van der Waals surface area contributed by atoms with E-state index in [1.165, 1.54) is 6.07 Å². The molecule has 3 nitrogen and oxygen atoms in total. The van der Waals surface area contributed by atoms with Crippen LogP contribution in [0.25, 0.3) is 10.2 Å². The average Bonchev–Trinajstić information content (AvgIpc) is 3.09. The molecule has 0 saturated heterocycles. The van der Waals surface area contributed by atoms with Gasteiger partial charge in [0.1, 0.15) is 5.82 Å². The van der Waals surface area contributed by atoms with Gasteiger partial charge in [-0.3, -0.25) is 4.79 Å². The molecule has 0 aliphatic rings. The predicted octanol–water partition coefficient (Wildman–Crippen LogP) is 6.29. The number of aromatic nitrogens is 1. The van der Waals surface area contributed by atoms with Gasteiger partial charge < -0.3 is 5.32 Å². The van der Waals surface area contributed by atoms with Crippen molar-refractivity contribution < 1.29 is 9.18 Å². The lowest BCUT2D eigenvalue weighted by Crippen LogP contribution is -2.13. The van der Waals surface area contributed by atoms with Crippen molar-refractivity contribution in [2.45, 2.75) is 17.0 Å². The summed E-state index contributed by atoms with van der Waals surface area (Å²) < 4.78 is 15.2. The van der Waals surface area contributed by atoms with Crippen molar-refractivity contribution in [2.75, 3.05) is 5.32 Å². The first kappa shape index (κ1) is 18.7. The van der Waals surface area contributed by atoms with Crippen LogP contribution >= 0.6 is 23.1 Å². The van der Waals surface area contributed by atoms with Crippen LogP contribution < -0.4 is 5.32 Å². The van der Waals surface area contributed by atoms with Crippen LogP contribution in [0.5, 0.6) is 0 Å². The number of thioether (sulfide) groups is 1. The van der Waals surface area contributed by atoms with Crippen molar-refractivity contribution in [1.82, 2.24) is 4.98 Å². The van der Waals surface area contributed by atoms with Crippen molar-refractivity contribution >= 4 is 44.9 Å². The Morgan fingerprint density at radius 2 is 1.96 bits per heavy atom. The normalized spacial score (nSPS) is 10.9. The number of rotatable bonds is 5. The molecule has 28 heavy (non-hydrogen) atoms. The highest BCUT2D eigenvalue weighted by atomic mass is 32.2. The van der Waals surface area contributed by atoms with Crippen LogP contribution in [0.1, 0.15) is 21.5 Å². The molecule has 0 aliphatic heterocycles. The summed E-state index contributed by atoms with van der Waals surface area (Å²) >= 11 is 3.15. The lowest BCUT2D eigenvalue weighted by molar-refractivity contribution is 0.102. The van der Waals surface area contributed by atoms with E-state index in [0.29, 0.717) is 11.3 Å². The summed E-state index contributed by atoms with van der Waals surface area (Å²) in [6.07, 6.45) is 0. The van der Waals surface area contributed by atoms with Gasteiger partial charge in [0.15, 0.2) is 4.34 Å². The molecule has 0 bridgehead atoms. The third-order valence-corrected chi connectivity index (χ3v) is 6.50. The molecule has 0 atom stereocenters. The number of halogens is 1. The van der Waals surface area contributed by atoms with Crippen LogP contribution in [0.2, 0.25) is 0 Å². The first-order valence-electron chi connectivity index (χ1n) is 8.73. The van der Waals surface area contributed by atoms with Crippen LogP contribution in [-0.4, -0.2) is 10.9 Å². The zero-order chi connectivity index (χ0) is 19.5.